The summed E-state index contributed by atoms with van der Waals surface area (Å²) in [5, 5.41) is -0.783. The highest BCUT2D eigenvalue weighted by Gasteiger charge is 2.35. The van der Waals surface area contributed by atoms with Crippen molar-refractivity contribution in [3.63, 3.8) is 0 Å². The molecule has 11 nitrogen and oxygen atoms in total. The van der Waals surface area contributed by atoms with Crippen LogP contribution in [0.4, 0.5) is 10.7 Å². The smallest absolute Gasteiger partial charge is 0.365 e. The molecule has 0 bridgehead atoms. The number of hydrogen-bond acceptors (Lipinski definition) is 10. The number of aromatic nitrogens is 3. The Kier molecular flexibility index (Phi) is 6.02. The molecule has 12 heteroatoms. The summed E-state index contributed by atoms with van der Waals surface area (Å²) in [5.41, 5.74) is 2.15. The fraction of sp³-hybridized carbons (Fsp3) is 0.267. The maximum absolute atomic E-state index is 12.8. The average Bonchev–Trinajstić information content (AvgIpc) is 2.67. The monoisotopic (exact) mass is 395 g/mol. The molecule has 0 unspecified atom stereocenters. The van der Waals surface area contributed by atoms with Gasteiger partial charge in [-0.25, -0.2) is 18.6 Å². The molecule has 1 heterocycles. The Morgan fingerprint density at radius 3 is 2.37 bits per heavy atom. The van der Waals surface area contributed by atoms with Crippen molar-refractivity contribution in [2.45, 2.75) is 11.8 Å². The number of methoxy groups -OCH3 is 2. The number of hydrazine groups is 1. The molecule has 0 atom stereocenters. The minimum atomic E-state index is -4.63. The zero-order chi connectivity index (χ0) is 20.2. The maximum Gasteiger partial charge on any atom is 0.365 e. The first-order valence-electron chi connectivity index (χ1n) is 7.46. The number of hydrogen-bond donors (Lipinski definition) is 1. The summed E-state index contributed by atoms with van der Waals surface area (Å²) in [6.45, 7) is 1.52. The zero-order valence-electron chi connectivity index (χ0n) is 15.0. The number of rotatable bonds is 5. The van der Waals surface area contributed by atoms with Crippen molar-refractivity contribution in [3.8, 4) is 6.01 Å². The van der Waals surface area contributed by atoms with E-state index < -0.39 is 25.9 Å². The molecule has 1 aromatic carbocycles. The van der Waals surface area contributed by atoms with E-state index in [9.17, 15) is 18.0 Å². The van der Waals surface area contributed by atoms with E-state index in [1.54, 1.807) is 0 Å². The van der Waals surface area contributed by atoms with Crippen LogP contribution in [0.5, 0.6) is 6.01 Å². The standard InChI is InChI=1S/C15H17N5O6S/c1-9-17-13(19-14(18-9)26-4)20(16-2)15(22)27(23,24)11-8-6-5-7-10(11)12(21)25-3/h5-8,16H,1-4H3. The van der Waals surface area contributed by atoms with E-state index in [1.165, 1.54) is 39.3 Å². The van der Waals surface area contributed by atoms with Gasteiger partial charge in [0.1, 0.15) is 5.82 Å². The zero-order valence-corrected chi connectivity index (χ0v) is 15.8. The van der Waals surface area contributed by atoms with Gasteiger partial charge in [0.2, 0.25) is 0 Å². The van der Waals surface area contributed by atoms with Crippen LogP contribution in [0.25, 0.3) is 0 Å². The van der Waals surface area contributed by atoms with Crippen LogP contribution in [0.3, 0.4) is 0 Å². The molecule has 0 fully saturated rings. The molecule has 2 aromatic rings. The Morgan fingerprint density at radius 1 is 1.11 bits per heavy atom. The Bertz CT molecular complexity index is 978. The number of benzene rings is 1. The fourth-order valence-corrected chi connectivity index (χ4v) is 3.40. The van der Waals surface area contributed by atoms with Crippen LogP contribution in [0.15, 0.2) is 29.2 Å². The average molecular weight is 395 g/mol. The number of sulfone groups is 1. The van der Waals surface area contributed by atoms with Gasteiger partial charge in [-0.3, -0.25) is 4.79 Å². The Balaban J connectivity index is 2.55. The predicted molar refractivity (Wildman–Crippen MR) is 93.0 cm³/mol. The lowest BCUT2D eigenvalue weighted by Gasteiger charge is -2.19. The Hall–Kier alpha value is -3.12. The number of carbonyl (C=O) groups excluding carboxylic acids is 2. The number of anilines is 1. The molecule has 1 N–H and O–H groups in total. The number of aryl methyl sites for hydroxylation is 1. The molecule has 0 radical (unpaired) electrons. The van der Waals surface area contributed by atoms with Gasteiger partial charge in [0.25, 0.3) is 15.8 Å². The minimum absolute atomic E-state index is 0.0992. The van der Waals surface area contributed by atoms with Crippen molar-refractivity contribution in [2.75, 3.05) is 26.3 Å². The number of amides is 1. The van der Waals surface area contributed by atoms with Gasteiger partial charge >= 0.3 is 17.2 Å². The first-order valence-corrected chi connectivity index (χ1v) is 8.95. The molecule has 1 amide bonds. The lowest BCUT2D eigenvalue weighted by molar-refractivity contribution is 0.0596. The Labute approximate surface area is 155 Å². The van der Waals surface area contributed by atoms with Crippen LogP contribution in [0.1, 0.15) is 16.2 Å². The SMILES string of the molecule is CNN(C(=O)S(=O)(=O)c1ccccc1C(=O)OC)c1nc(C)nc(OC)n1. The van der Waals surface area contributed by atoms with Crippen LogP contribution in [0.2, 0.25) is 0 Å². The van der Waals surface area contributed by atoms with Crippen LogP contribution >= 0.6 is 0 Å². The molecule has 27 heavy (non-hydrogen) atoms. The molecule has 144 valence electrons. The van der Waals surface area contributed by atoms with E-state index in [0.29, 0.717) is 5.01 Å². The van der Waals surface area contributed by atoms with E-state index in [0.717, 1.165) is 13.2 Å². The van der Waals surface area contributed by atoms with Gasteiger partial charge in [-0.1, -0.05) is 12.1 Å². The van der Waals surface area contributed by atoms with Gasteiger partial charge < -0.3 is 9.47 Å². The molecule has 0 saturated carbocycles. The number of carbonyl (C=O) groups is 2. The van der Waals surface area contributed by atoms with Crippen molar-refractivity contribution in [3.05, 3.63) is 35.7 Å². The summed E-state index contributed by atoms with van der Waals surface area (Å²) in [6, 6.07) is 5.11. The third-order valence-electron chi connectivity index (χ3n) is 3.32. The van der Waals surface area contributed by atoms with E-state index >= 15 is 0 Å². The molecular formula is C15H17N5O6S. The maximum atomic E-state index is 12.8. The first kappa shape index (κ1) is 20.2. The van der Waals surface area contributed by atoms with Crippen LogP contribution in [-0.2, 0) is 14.6 Å². The van der Waals surface area contributed by atoms with Gasteiger partial charge in [-0.2, -0.15) is 20.0 Å². The second-order valence-corrected chi connectivity index (χ2v) is 6.78. The molecule has 0 spiro atoms. The number of nitrogens with one attached hydrogen (secondary N) is 1. The molecular weight excluding hydrogens is 378 g/mol. The van der Waals surface area contributed by atoms with E-state index in [2.05, 4.69) is 25.1 Å². The van der Waals surface area contributed by atoms with Gasteiger partial charge in [0.15, 0.2) is 0 Å². The molecule has 1 aromatic heterocycles. The van der Waals surface area contributed by atoms with E-state index in [-0.39, 0.29) is 23.3 Å². The molecule has 0 aliphatic carbocycles. The summed E-state index contributed by atoms with van der Waals surface area (Å²) < 4.78 is 35.2. The van der Waals surface area contributed by atoms with Crippen molar-refractivity contribution in [2.24, 2.45) is 0 Å². The van der Waals surface area contributed by atoms with Crippen molar-refractivity contribution < 1.29 is 27.5 Å². The first-order chi connectivity index (χ1) is 12.8. The summed E-state index contributed by atoms with van der Waals surface area (Å²) in [7, 11) is -0.906. The van der Waals surface area contributed by atoms with Gasteiger partial charge in [-0.15, -0.1) is 0 Å². The summed E-state index contributed by atoms with van der Waals surface area (Å²) in [5.74, 6) is -0.973. The number of nitrogens with zero attached hydrogens (tertiary/aromatic N) is 4. The summed E-state index contributed by atoms with van der Waals surface area (Å²) in [6.07, 6.45) is 0. The highest BCUT2D eigenvalue weighted by Crippen LogP contribution is 2.22. The lowest BCUT2D eigenvalue weighted by atomic mass is 10.2. The number of ether oxygens (including phenoxy) is 2. The highest BCUT2D eigenvalue weighted by molar-refractivity contribution is 8.06. The second-order valence-electron chi connectivity index (χ2n) is 4.99. The number of esters is 1. The van der Waals surface area contributed by atoms with Crippen molar-refractivity contribution in [1.29, 1.82) is 0 Å². The molecule has 0 aliphatic rings. The second kappa shape index (κ2) is 8.05. The van der Waals surface area contributed by atoms with Crippen LogP contribution < -0.4 is 15.2 Å². The molecule has 2 rings (SSSR count). The largest absolute Gasteiger partial charge is 0.467 e. The molecule has 0 aliphatic heterocycles. The predicted octanol–water partition coefficient (Wildman–Crippen LogP) is 0.510. The summed E-state index contributed by atoms with van der Waals surface area (Å²) >= 11 is 0. The van der Waals surface area contributed by atoms with E-state index in [1.807, 2.05) is 0 Å². The van der Waals surface area contributed by atoms with Crippen LogP contribution in [-0.4, -0.2) is 55.8 Å². The normalized spacial score (nSPS) is 11.0. The third-order valence-corrected chi connectivity index (χ3v) is 4.89. The van der Waals surface area contributed by atoms with Crippen LogP contribution in [0, 0.1) is 6.92 Å². The quantitative estimate of drug-likeness (QED) is 0.562. The lowest BCUT2D eigenvalue weighted by Crippen LogP contribution is -2.45. The van der Waals surface area contributed by atoms with E-state index in [4.69, 9.17) is 4.74 Å². The van der Waals surface area contributed by atoms with Crippen molar-refractivity contribution >= 4 is 27.0 Å². The Morgan fingerprint density at radius 2 is 1.78 bits per heavy atom. The van der Waals surface area contributed by atoms with Crippen molar-refractivity contribution in [1.82, 2.24) is 20.4 Å². The van der Waals surface area contributed by atoms with Gasteiger partial charge in [0.05, 0.1) is 24.7 Å². The van der Waals surface area contributed by atoms with Gasteiger partial charge in [0, 0.05) is 7.05 Å². The molecule has 0 saturated heterocycles. The topological polar surface area (TPSA) is 141 Å². The summed E-state index contributed by atoms with van der Waals surface area (Å²) in [4.78, 5) is 35.8. The highest BCUT2D eigenvalue weighted by atomic mass is 32.2. The van der Waals surface area contributed by atoms with Gasteiger partial charge in [-0.05, 0) is 19.1 Å². The third kappa shape index (κ3) is 4.01. The fourth-order valence-electron chi connectivity index (χ4n) is 2.10. The minimum Gasteiger partial charge on any atom is -0.467 e.